The van der Waals surface area contributed by atoms with E-state index in [0.29, 0.717) is 11.3 Å². The number of fused-ring (bicyclic) bond motifs is 1. The van der Waals surface area contributed by atoms with Crippen molar-refractivity contribution in [1.29, 1.82) is 0 Å². The summed E-state index contributed by atoms with van der Waals surface area (Å²) < 4.78 is 6.67. The van der Waals surface area contributed by atoms with Crippen LogP contribution in [0.1, 0.15) is 15.9 Å². The van der Waals surface area contributed by atoms with E-state index >= 15 is 0 Å². The fourth-order valence-electron chi connectivity index (χ4n) is 2.23. The Kier molecular flexibility index (Phi) is 5.35. The number of hydrogen-bond donors (Lipinski definition) is 1. The van der Waals surface area contributed by atoms with Gasteiger partial charge >= 0.3 is 5.97 Å². The Hall–Kier alpha value is -2.38. The molecular weight excluding hydrogens is 356 g/mol. The zero-order valence-corrected chi connectivity index (χ0v) is 15.4. The Labute approximate surface area is 153 Å². The summed E-state index contributed by atoms with van der Waals surface area (Å²) in [6.07, 6.45) is 0. The molecule has 0 fully saturated rings. The predicted octanol–water partition coefficient (Wildman–Crippen LogP) is 4.12. The number of esters is 1. The number of anilines is 1. The second kappa shape index (κ2) is 7.67. The minimum atomic E-state index is -0.431. The van der Waals surface area contributed by atoms with Crippen LogP contribution >= 0.6 is 23.1 Å². The number of para-hydroxylation sites is 1. The standard InChI is InChI=1S/C18H16N2O3S2/c1-11-7-8-12(17(22)23-2)9-14(11)19-16(21)10-24-18-20-13-5-3-4-6-15(13)25-18/h3-9H,10H2,1-2H3,(H,19,21). The van der Waals surface area contributed by atoms with E-state index in [1.165, 1.54) is 18.9 Å². The van der Waals surface area contributed by atoms with E-state index in [-0.39, 0.29) is 11.7 Å². The van der Waals surface area contributed by atoms with E-state index in [9.17, 15) is 9.59 Å². The van der Waals surface area contributed by atoms with Crippen molar-refractivity contribution in [3.05, 3.63) is 53.6 Å². The third-order valence-corrected chi connectivity index (χ3v) is 5.71. The molecule has 1 aromatic heterocycles. The number of carbonyl (C=O) groups excluding carboxylic acids is 2. The molecule has 7 heteroatoms. The number of ether oxygens (including phenoxy) is 1. The molecule has 128 valence electrons. The SMILES string of the molecule is COC(=O)c1ccc(C)c(NC(=O)CSc2nc3ccccc3s2)c1. The molecule has 3 rings (SSSR count). The van der Waals surface area contributed by atoms with Gasteiger partial charge in [0, 0.05) is 5.69 Å². The zero-order chi connectivity index (χ0) is 17.8. The number of rotatable bonds is 5. The van der Waals surface area contributed by atoms with Gasteiger partial charge in [-0.3, -0.25) is 4.79 Å². The molecule has 0 saturated carbocycles. The van der Waals surface area contributed by atoms with E-state index in [1.54, 1.807) is 29.5 Å². The van der Waals surface area contributed by atoms with Crippen molar-refractivity contribution in [2.24, 2.45) is 0 Å². The Balaban J connectivity index is 1.65. The van der Waals surface area contributed by atoms with Crippen molar-refractivity contribution in [2.75, 3.05) is 18.2 Å². The molecule has 0 saturated heterocycles. The molecule has 1 N–H and O–H groups in total. The predicted molar refractivity (Wildman–Crippen MR) is 101 cm³/mol. The zero-order valence-electron chi connectivity index (χ0n) is 13.7. The lowest BCUT2D eigenvalue weighted by Gasteiger charge is -2.09. The first-order chi connectivity index (χ1) is 12.1. The minimum Gasteiger partial charge on any atom is -0.465 e. The van der Waals surface area contributed by atoms with Gasteiger partial charge in [0.1, 0.15) is 0 Å². The maximum Gasteiger partial charge on any atom is 0.337 e. The number of nitrogens with zero attached hydrogens (tertiary/aromatic N) is 1. The van der Waals surface area contributed by atoms with Crippen LogP contribution in [0.25, 0.3) is 10.2 Å². The third-order valence-electron chi connectivity index (χ3n) is 3.53. The van der Waals surface area contributed by atoms with Crippen LogP contribution < -0.4 is 5.32 Å². The second-order valence-electron chi connectivity index (χ2n) is 5.31. The number of hydrogen-bond acceptors (Lipinski definition) is 6. The third kappa shape index (κ3) is 4.18. The second-order valence-corrected chi connectivity index (χ2v) is 7.56. The van der Waals surface area contributed by atoms with Crippen LogP contribution in [0.2, 0.25) is 0 Å². The van der Waals surface area contributed by atoms with Crippen molar-refractivity contribution in [1.82, 2.24) is 4.98 Å². The summed E-state index contributed by atoms with van der Waals surface area (Å²) in [5.41, 5.74) is 2.84. The van der Waals surface area contributed by atoms with Crippen LogP contribution in [0.5, 0.6) is 0 Å². The molecule has 0 aliphatic heterocycles. The maximum atomic E-state index is 12.2. The van der Waals surface area contributed by atoms with Gasteiger partial charge < -0.3 is 10.1 Å². The van der Waals surface area contributed by atoms with Crippen molar-refractivity contribution < 1.29 is 14.3 Å². The quantitative estimate of drug-likeness (QED) is 0.539. The van der Waals surface area contributed by atoms with Gasteiger partial charge in [-0.1, -0.05) is 30.0 Å². The highest BCUT2D eigenvalue weighted by molar-refractivity contribution is 8.01. The molecule has 0 spiro atoms. The summed E-state index contributed by atoms with van der Waals surface area (Å²) in [4.78, 5) is 28.3. The number of benzene rings is 2. The molecule has 0 aliphatic carbocycles. The van der Waals surface area contributed by atoms with Gasteiger partial charge in [0.25, 0.3) is 0 Å². The summed E-state index contributed by atoms with van der Waals surface area (Å²) in [7, 11) is 1.33. The van der Waals surface area contributed by atoms with E-state index in [1.807, 2.05) is 31.2 Å². The molecule has 0 unspecified atom stereocenters. The van der Waals surface area contributed by atoms with Gasteiger partial charge in [-0.15, -0.1) is 11.3 Å². The minimum absolute atomic E-state index is 0.144. The van der Waals surface area contributed by atoms with Crippen molar-refractivity contribution in [3.8, 4) is 0 Å². The van der Waals surface area contributed by atoms with E-state index in [4.69, 9.17) is 4.74 Å². The maximum absolute atomic E-state index is 12.2. The number of thiazole rings is 1. The molecule has 0 atom stereocenters. The average molecular weight is 372 g/mol. The Morgan fingerprint density at radius 3 is 2.80 bits per heavy atom. The van der Waals surface area contributed by atoms with Gasteiger partial charge in [0.2, 0.25) is 5.91 Å². The van der Waals surface area contributed by atoms with Crippen LogP contribution in [0, 0.1) is 6.92 Å². The van der Waals surface area contributed by atoms with Crippen LogP contribution in [0.15, 0.2) is 46.8 Å². The highest BCUT2D eigenvalue weighted by atomic mass is 32.2. The lowest BCUT2D eigenvalue weighted by atomic mass is 10.1. The molecule has 0 bridgehead atoms. The number of carbonyl (C=O) groups is 2. The first-order valence-corrected chi connectivity index (χ1v) is 9.34. The van der Waals surface area contributed by atoms with Crippen molar-refractivity contribution in [3.63, 3.8) is 0 Å². The first-order valence-electron chi connectivity index (χ1n) is 7.54. The summed E-state index contributed by atoms with van der Waals surface area (Å²) in [5, 5.41) is 2.84. The summed E-state index contributed by atoms with van der Waals surface area (Å²) in [6.45, 7) is 1.87. The molecular formula is C18H16N2O3S2. The largest absolute Gasteiger partial charge is 0.465 e. The monoisotopic (exact) mass is 372 g/mol. The molecule has 0 radical (unpaired) electrons. The number of methoxy groups -OCH3 is 1. The number of amides is 1. The normalized spacial score (nSPS) is 10.6. The topological polar surface area (TPSA) is 68.3 Å². The van der Waals surface area contributed by atoms with Crippen LogP contribution in [0.4, 0.5) is 5.69 Å². The van der Waals surface area contributed by atoms with Gasteiger partial charge in [-0.05, 0) is 36.8 Å². The first kappa shape index (κ1) is 17.4. The Morgan fingerprint density at radius 1 is 1.24 bits per heavy atom. The molecule has 0 aliphatic rings. The molecule has 2 aromatic carbocycles. The lowest BCUT2D eigenvalue weighted by molar-refractivity contribution is -0.113. The van der Waals surface area contributed by atoms with E-state index < -0.39 is 5.97 Å². The highest BCUT2D eigenvalue weighted by Gasteiger charge is 2.12. The number of aryl methyl sites for hydroxylation is 1. The molecule has 1 amide bonds. The van der Waals surface area contributed by atoms with E-state index in [2.05, 4.69) is 10.3 Å². The van der Waals surface area contributed by atoms with E-state index in [0.717, 1.165) is 20.1 Å². The number of nitrogens with one attached hydrogen (secondary N) is 1. The van der Waals surface area contributed by atoms with Gasteiger partial charge in [0.05, 0.1) is 28.6 Å². The number of aromatic nitrogens is 1. The summed E-state index contributed by atoms with van der Waals surface area (Å²) in [5.74, 6) is -0.324. The smallest absolute Gasteiger partial charge is 0.337 e. The van der Waals surface area contributed by atoms with Gasteiger partial charge in [-0.25, -0.2) is 9.78 Å². The van der Waals surface area contributed by atoms with Crippen LogP contribution in [-0.2, 0) is 9.53 Å². The molecule has 1 heterocycles. The molecule has 5 nitrogen and oxygen atoms in total. The molecule has 3 aromatic rings. The summed E-state index contributed by atoms with van der Waals surface area (Å²) >= 11 is 2.97. The van der Waals surface area contributed by atoms with Crippen LogP contribution in [-0.4, -0.2) is 29.7 Å². The average Bonchev–Trinajstić information content (AvgIpc) is 3.04. The van der Waals surface area contributed by atoms with Crippen molar-refractivity contribution >= 4 is 50.9 Å². The molecule has 25 heavy (non-hydrogen) atoms. The van der Waals surface area contributed by atoms with Gasteiger partial charge in [-0.2, -0.15) is 0 Å². The van der Waals surface area contributed by atoms with Crippen molar-refractivity contribution in [2.45, 2.75) is 11.3 Å². The fraction of sp³-hybridized carbons (Fsp3) is 0.167. The Bertz CT molecular complexity index is 904. The fourth-order valence-corrected chi connectivity index (χ4v) is 4.10. The summed E-state index contributed by atoms with van der Waals surface area (Å²) in [6, 6.07) is 13.0. The van der Waals surface area contributed by atoms with Gasteiger partial charge in [0.15, 0.2) is 4.34 Å². The number of thioether (sulfide) groups is 1. The Morgan fingerprint density at radius 2 is 2.04 bits per heavy atom. The highest BCUT2D eigenvalue weighted by Crippen LogP contribution is 2.29. The lowest BCUT2D eigenvalue weighted by Crippen LogP contribution is -2.15. The van der Waals surface area contributed by atoms with Crippen LogP contribution in [0.3, 0.4) is 0 Å².